The Kier molecular flexibility index (Phi) is 6.56. The number of rotatable bonds is 7. The lowest BCUT2D eigenvalue weighted by atomic mass is 9.81. The Labute approximate surface area is 223 Å². The van der Waals surface area contributed by atoms with Crippen LogP contribution in [0.3, 0.4) is 0 Å². The number of nitrogens with zero attached hydrogens (tertiary/aromatic N) is 2. The van der Waals surface area contributed by atoms with E-state index in [0.29, 0.717) is 24.6 Å². The smallest absolute Gasteiger partial charge is 0.335 e. The fourth-order valence-electron chi connectivity index (χ4n) is 6.66. The van der Waals surface area contributed by atoms with Crippen LogP contribution in [0.5, 0.6) is 0 Å². The van der Waals surface area contributed by atoms with Crippen molar-refractivity contribution in [1.82, 2.24) is 14.5 Å². The van der Waals surface area contributed by atoms with Crippen molar-refractivity contribution in [2.24, 2.45) is 0 Å². The molecule has 200 valence electrons. The van der Waals surface area contributed by atoms with Gasteiger partial charge in [0.1, 0.15) is 9.84 Å². The minimum atomic E-state index is -3.00. The second kappa shape index (κ2) is 9.89. The lowest BCUT2D eigenvalue weighted by molar-refractivity contribution is 0.0697. The second-order valence-corrected chi connectivity index (χ2v) is 13.3. The molecule has 1 aliphatic carbocycles. The highest BCUT2D eigenvalue weighted by Gasteiger charge is 2.29. The third-order valence-corrected chi connectivity index (χ3v) is 9.29. The van der Waals surface area contributed by atoms with Gasteiger partial charge in [0.15, 0.2) is 0 Å². The minimum absolute atomic E-state index is 0.125. The van der Waals surface area contributed by atoms with E-state index < -0.39 is 15.8 Å². The van der Waals surface area contributed by atoms with Gasteiger partial charge in [-0.1, -0.05) is 43.5 Å². The SMILES string of the molecule is CS(=O)(=O)CCNCc1cn2c3c(cccc13)-c1c(C3CCCCC3)c3ccc(C(=O)O)cc3n1CCC2. The standard InChI is InChI=1S/C30H35N3O4S/c1-38(36,37)16-13-31-18-22-19-32-14-6-15-33-26-17-21(30(34)35)11-12-24(26)27(20-7-3-2-4-8-20)29(33)25-10-5-9-23(22)28(25)32/h5,9-12,17,19-20,31H,2-4,6-8,13-16,18H2,1H3,(H,34,35). The Morgan fingerprint density at radius 1 is 1.05 bits per heavy atom. The van der Waals surface area contributed by atoms with Crippen molar-refractivity contribution in [2.75, 3.05) is 18.6 Å². The maximum Gasteiger partial charge on any atom is 0.335 e. The van der Waals surface area contributed by atoms with Crippen LogP contribution in [0.2, 0.25) is 0 Å². The summed E-state index contributed by atoms with van der Waals surface area (Å²) >= 11 is 0. The van der Waals surface area contributed by atoms with Gasteiger partial charge in [-0.25, -0.2) is 13.2 Å². The van der Waals surface area contributed by atoms with Gasteiger partial charge >= 0.3 is 5.97 Å². The molecule has 3 heterocycles. The van der Waals surface area contributed by atoms with Crippen LogP contribution in [0.4, 0.5) is 0 Å². The molecule has 8 heteroatoms. The summed E-state index contributed by atoms with van der Waals surface area (Å²) < 4.78 is 27.9. The summed E-state index contributed by atoms with van der Waals surface area (Å²) in [7, 11) is -3.00. The number of hydrogen-bond donors (Lipinski definition) is 2. The van der Waals surface area contributed by atoms with Gasteiger partial charge in [-0.3, -0.25) is 0 Å². The van der Waals surface area contributed by atoms with Crippen molar-refractivity contribution in [3.63, 3.8) is 0 Å². The van der Waals surface area contributed by atoms with Crippen molar-refractivity contribution in [3.05, 3.63) is 59.3 Å². The summed E-state index contributed by atoms with van der Waals surface area (Å²) in [6.45, 7) is 2.74. The third-order valence-electron chi connectivity index (χ3n) is 8.35. The van der Waals surface area contributed by atoms with Gasteiger partial charge in [0, 0.05) is 60.5 Å². The number of hydrogen-bond acceptors (Lipinski definition) is 4. The molecule has 1 saturated carbocycles. The van der Waals surface area contributed by atoms with Crippen LogP contribution < -0.4 is 5.32 Å². The van der Waals surface area contributed by atoms with Crippen LogP contribution in [0.15, 0.2) is 42.6 Å². The Balaban J connectivity index is 1.53. The van der Waals surface area contributed by atoms with Gasteiger partial charge in [0.2, 0.25) is 0 Å². The molecule has 38 heavy (non-hydrogen) atoms. The van der Waals surface area contributed by atoms with E-state index >= 15 is 0 Å². The second-order valence-electron chi connectivity index (χ2n) is 11.0. The van der Waals surface area contributed by atoms with Gasteiger partial charge in [-0.05, 0) is 48.4 Å². The molecule has 0 atom stereocenters. The molecule has 4 aromatic rings. The van der Waals surface area contributed by atoms with Crippen LogP contribution in [-0.4, -0.2) is 47.2 Å². The topological polar surface area (TPSA) is 93.3 Å². The number of carboxylic acid groups (broad SMARTS) is 1. The molecule has 1 fully saturated rings. The zero-order chi connectivity index (χ0) is 26.4. The highest BCUT2D eigenvalue weighted by Crippen LogP contribution is 2.46. The summed E-state index contributed by atoms with van der Waals surface area (Å²) in [6, 6.07) is 12.2. The predicted molar refractivity (Wildman–Crippen MR) is 152 cm³/mol. The molecule has 2 N–H and O–H groups in total. The zero-order valence-electron chi connectivity index (χ0n) is 21.9. The summed E-state index contributed by atoms with van der Waals surface area (Å²) in [5.41, 5.74) is 7.58. The van der Waals surface area contributed by atoms with Gasteiger partial charge in [-0.2, -0.15) is 0 Å². The maximum absolute atomic E-state index is 11.9. The van der Waals surface area contributed by atoms with Crippen LogP contribution in [0.1, 0.15) is 65.9 Å². The first-order valence-corrected chi connectivity index (χ1v) is 15.8. The van der Waals surface area contributed by atoms with Gasteiger partial charge < -0.3 is 19.6 Å². The number of carboxylic acids is 1. The van der Waals surface area contributed by atoms with Gasteiger partial charge in [0.05, 0.1) is 22.5 Å². The molecule has 2 aromatic carbocycles. The van der Waals surface area contributed by atoms with Crippen molar-refractivity contribution in [3.8, 4) is 11.3 Å². The minimum Gasteiger partial charge on any atom is -0.478 e. The summed E-state index contributed by atoms with van der Waals surface area (Å²) in [4.78, 5) is 11.9. The first-order chi connectivity index (χ1) is 18.3. The molecule has 0 spiro atoms. The van der Waals surface area contributed by atoms with Crippen molar-refractivity contribution in [2.45, 2.75) is 64.1 Å². The number of aromatic carboxylic acids is 1. The zero-order valence-corrected chi connectivity index (χ0v) is 22.7. The maximum atomic E-state index is 11.9. The molecule has 1 aliphatic heterocycles. The summed E-state index contributed by atoms with van der Waals surface area (Å²) in [6.07, 6.45) is 10.5. The van der Waals surface area contributed by atoms with E-state index in [-0.39, 0.29) is 5.75 Å². The monoisotopic (exact) mass is 533 g/mol. The fourth-order valence-corrected chi connectivity index (χ4v) is 7.17. The molecule has 0 saturated heterocycles. The lowest BCUT2D eigenvalue weighted by Gasteiger charge is -2.25. The van der Waals surface area contributed by atoms with E-state index in [0.717, 1.165) is 25.0 Å². The fraction of sp³-hybridized carbons (Fsp3) is 0.433. The Morgan fingerprint density at radius 3 is 2.63 bits per heavy atom. The molecule has 0 bridgehead atoms. The molecule has 2 aliphatic rings. The average molecular weight is 534 g/mol. The quantitative estimate of drug-likeness (QED) is 0.304. The van der Waals surface area contributed by atoms with E-state index in [4.69, 9.17) is 0 Å². The molecule has 0 radical (unpaired) electrons. The van der Waals surface area contributed by atoms with E-state index in [2.05, 4.69) is 38.8 Å². The molecule has 6 rings (SSSR count). The Hall–Kier alpha value is -3.10. The van der Waals surface area contributed by atoms with Crippen LogP contribution in [-0.2, 0) is 29.5 Å². The van der Waals surface area contributed by atoms with E-state index in [1.54, 1.807) is 6.07 Å². The van der Waals surface area contributed by atoms with Crippen LogP contribution in [0.25, 0.3) is 33.1 Å². The van der Waals surface area contributed by atoms with Crippen molar-refractivity contribution in [1.29, 1.82) is 0 Å². The predicted octanol–water partition coefficient (Wildman–Crippen LogP) is 5.55. The van der Waals surface area contributed by atoms with E-state index in [1.807, 2.05) is 12.1 Å². The van der Waals surface area contributed by atoms with E-state index in [9.17, 15) is 18.3 Å². The Morgan fingerprint density at radius 2 is 1.87 bits per heavy atom. The first kappa shape index (κ1) is 25.2. The van der Waals surface area contributed by atoms with Crippen LogP contribution in [0, 0.1) is 0 Å². The highest BCUT2D eigenvalue weighted by atomic mass is 32.2. The van der Waals surface area contributed by atoms with Crippen molar-refractivity contribution < 1.29 is 18.3 Å². The molecule has 2 aromatic heterocycles. The number of sulfone groups is 1. The number of para-hydroxylation sites is 1. The molecule has 0 amide bonds. The molecule has 7 nitrogen and oxygen atoms in total. The Bertz CT molecular complexity index is 1640. The number of benzene rings is 2. The number of aromatic nitrogens is 2. The first-order valence-electron chi connectivity index (χ1n) is 13.7. The number of nitrogens with one attached hydrogen (secondary N) is 1. The number of fused-ring (bicyclic) bond motifs is 4. The van der Waals surface area contributed by atoms with Gasteiger partial charge in [0.25, 0.3) is 0 Å². The molecule has 0 unspecified atom stereocenters. The number of carbonyl (C=O) groups is 1. The van der Waals surface area contributed by atoms with Crippen molar-refractivity contribution >= 4 is 37.6 Å². The molecular formula is C30H35N3O4S. The van der Waals surface area contributed by atoms with E-state index in [1.165, 1.54) is 77.0 Å². The third kappa shape index (κ3) is 4.54. The highest BCUT2D eigenvalue weighted by molar-refractivity contribution is 7.90. The number of aryl methyl sites for hydroxylation is 2. The van der Waals surface area contributed by atoms with Crippen LogP contribution >= 0.6 is 0 Å². The molecular weight excluding hydrogens is 498 g/mol. The average Bonchev–Trinajstić information content (AvgIpc) is 3.40. The van der Waals surface area contributed by atoms with Gasteiger partial charge in [-0.15, -0.1) is 0 Å². The largest absolute Gasteiger partial charge is 0.478 e. The summed E-state index contributed by atoms with van der Waals surface area (Å²) in [5.74, 6) is -0.301. The lowest BCUT2D eigenvalue weighted by Crippen LogP contribution is -2.21. The summed E-state index contributed by atoms with van der Waals surface area (Å²) in [5, 5.41) is 15.4. The normalized spacial score (nSPS) is 16.4.